The van der Waals surface area contributed by atoms with Gasteiger partial charge in [-0.25, -0.2) is 9.80 Å². The van der Waals surface area contributed by atoms with Crippen molar-refractivity contribution >= 4 is 29.7 Å². The molecule has 0 heterocycles. The van der Waals surface area contributed by atoms with Crippen molar-refractivity contribution in [2.75, 3.05) is 20.1 Å². The Morgan fingerprint density at radius 1 is 0.879 bits per heavy atom. The van der Waals surface area contributed by atoms with E-state index in [-0.39, 0.29) is 50.5 Å². The average Bonchev–Trinajstić information content (AvgIpc) is 2.55. The van der Waals surface area contributed by atoms with Crippen molar-refractivity contribution in [2.24, 2.45) is 0 Å². The second kappa shape index (κ2) is 13.8. The molecule has 0 bridgehead atoms. The molecule has 3 amide bonds. The molecule has 11 nitrogen and oxygen atoms in total. The minimum Gasteiger partial charge on any atom is -0.460 e. The summed E-state index contributed by atoms with van der Waals surface area (Å²) in [5.41, 5.74) is 1.22. The first-order valence-electron chi connectivity index (χ1n) is 10.9. The Balaban J connectivity index is 4.74. The van der Waals surface area contributed by atoms with Gasteiger partial charge in [-0.15, -0.1) is 0 Å². The van der Waals surface area contributed by atoms with E-state index in [2.05, 4.69) is 16.1 Å². The number of nitrogens with zero attached hydrogens (tertiary/aromatic N) is 1. The Hall–Kier alpha value is -2.69. The number of alkyl carbamates (subject to hydrolysis) is 1. The van der Waals surface area contributed by atoms with E-state index >= 15 is 0 Å². The number of ether oxygens (including phenoxy) is 2. The molecule has 0 fully saturated rings. The Morgan fingerprint density at radius 3 is 1.97 bits per heavy atom. The first kappa shape index (κ1) is 30.3. The van der Waals surface area contributed by atoms with Crippen LogP contribution in [0.2, 0.25) is 0 Å². The SMILES string of the molecule is CC(=O)CN(C)NC(=O)C[C@H](CCNC(=O)CCC(=O)OC(C)(C)C)NC(=O)OC(C)(C)C. The second-order valence-electron chi connectivity index (χ2n) is 9.87. The molecule has 0 radical (unpaired) electrons. The number of hydrogen-bond donors (Lipinski definition) is 3. The van der Waals surface area contributed by atoms with E-state index in [0.717, 1.165) is 0 Å². The van der Waals surface area contributed by atoms with Crippen LogP contribution in [0.5, 0.6) is 0 Å². The van der Waals surface area contributed by atoms with Crippen molar-refractivity contribution in [3.63, 3.8) is 0 Å². The van der Waals surface area contributed by atoms with E-state index in [1.165, 1.54) is 11.9 Å². The number of ketones is 1. The number of esters is 1. The highest BCUT2D eigenvalue weighted by Gasteiger charge is 2.22. The molecule has 11 heteroatoms. The van der Waals surface area contributed by atoms with Crippen LogP contribution in [0.25, 0.3) is 0 Å². The zero-order valence-electron chi connectivity index (χ0n) is 21.1. The molecule has 0 saturated heterocycles. The van der Waals surface area contributed by atoms with E-state index in [4.69, 9.17) is 9.47 Å². The van der Waals surface area contributed by atoms with Gasteiger partial charge in [-0.1, -0.05) is 0 Å². The summed E-state index contributed by atoms with van der Waals surface area (Å²) in [7, 11) is 1.56. The fraction of sp³-hybridized carbons (Fsp3) is 0.773. The van der Waals surface area contributed by atoms with Gasteiger partial charge in [0.25, 0.3) is 0 Å². The molecule has 0 aromatic carbocycles. The van der Waals surface area contributed by atoms with Crippen LogP contribution in [0.4, 0.5) is 4.79 Å². The molecule has 0 unspecified atom stereocenters. The molecular formula is C22H40N4O7. The quantitative estimate of drug-likeness (QED) is 0.286. The maximum Gasteiger partial charge on any atom is 0.407 e. The maximum atomic E-state index is 12.3. The Labute approximate surface area is 196 Å². The first-order valence-corrected chi connectivity index (χ1v) is 10.9. The van der Waals surface area contributed by atoms with Crippen molar-refractivity contribution < 1.29 is 33.4 Å². The van der Waals surface area contributed by atoms with E-state index in [1.54, 1.807) is 48.6 Å². The summed E-state index contributed by atoms with van der Waals surface area (Å²) in [6, 6.07) is -0.628. The van der Waals surface area contributed by atoms with Crippen molar-refractivity contribution in [3.8, 4) is 0 Å². The molecule has 0 aliphatic carbocycles. The van der Waals surface area contributed by atoms with E-state index in [0.29, 0.717) is 0 Å². The third-order valence-electron chi connectivity index (χ3n) is 3.72. The molecule has 33 heavy (non-hydrogen) atoms. The summed E-state index contributed by atoms with van der Waals surface area (Å²) in [4.78, 5) is 59.4. The number of rotatable bonds is 12. The third kappa shape index (κ3) is 18.6. The van der Waals surface area contributed by atoms with Crippen LogP contribution in [0.15, 0.2) is 0 Å². The van der Waals surface area contributed by atoms with Gasteiger partial charge in [-0.05, 0) is 54.9 Å². The summed E-state index contributed by atoms with van der Waals surface area (Å²) in [5, 5.41) is 6.66. The Morgan fingerprint density at radius 2 is 1.45 bits per heavy atom. The van der Waals surface area contributed by atoms with Gasteiger partial charge in [0.2, 0.25) is 11.8 Å². The average molecular weight is 473 g/mol. The minimum atomic E-state index is -0.714. The van der Waals surface area contributed by atoms with Crippen LogP contribution in [0.3, 0.4) is 0 Å². The number of hydrogen-bond acceptors (Lipinski definition) is 8. The van der Waals surface area contributed by atoms with Gasteiger partial charge in [-0.2, -0.15) is 0 Å². The van der Waals surface area contributed by atoms with Crippen molar-refractivity contribution in [3.05, 3.63) is 0 Å². The van der Waals surface area contributed by atoms with Crippen LogP contribution in [0.1, 0.15) is 74.1 Å². The molecule has 190 valence electrons. The third-order valence-corrected chi connectivity index (χ3v) is 3.72. The summed E-state index contributed by atoms with van der Waals surface area (Å²) in [6.45, 7) is 12.0. The lowest BCUT2D eigenvalue weighted by atomic mass is 10.1. The summed E-state index contributed by atoms with van der Waals surface area (Å²) < 4.78 is 10.4. The lowest BCUT2D eigenvalue weighted by Crippen LogP contribution is -2.47. The molecule has 0 aromatic rings. The molecule has 0 spiro atoms. The number of carbonyl (C=O) groups is 5. The van der Waals surface area contributed by atoms with Crippen LogP contribution >= 0.6 is 0 Å². The highest BCUT2D eigenvalue weighted by molar-refractivity contribution is 5.81. The van der Waals surface area contributed by atoms with Crippen LogP contribution < -0.4 is 16.1 Å². The molecule has 0 aliphatic rings. The first-order chi connectivity index (χ1) is 15.0. The van der Waals surface area contributed by atoms with Gasteiger partial charge in [0.05, 0.1) is 13.0 Å². The number of likely N-dealkylation sites (N-methyl/N-ethyl adjacent to an activating group) is 1. The molecule has 0 aliphatic heterocycles. The maximum absolute atomic E-state index is 12.3. The highest BCUT2D eigenvalue weighted by Crippen LogP contribution is 2.10. The topological polar surface area (TPSA) is 143 Å². The van der Waals surface area contributed by atoms with Crippen molar-refractivity contribution in [1.29, 1.82) is 0 Å². The predicted octanol–water partition coefficient (Wildman–Crippen LogP) is 1.45. The summed E-state index contributed by atoms with van der Waals surface area (Å²) in [6.07, 6.45) is -0.604. The lowest BCUT2D eigenvalue weighted by Gasteiger charge is -2.24. The number of carbonyl (C=O) groups excluding carboxylic acids is 5. The second-order valence-corrected chi connectivity index (χ2v) is 9.87. The van der Waals surface area contributed by atoms with Gasteiger partial charge >= 0.3 is 12.1 Å². The molecule has 0 saturated carbocycles. The minimum absolute atomic E-state index is 0.0323. The van der Waals surface area contributed by atoms with Gasteiger partial charge in [0, 0.05) is 32.5 Å². The zero-order valence-corrected chi connectivity index (χ0v) is 21.1. The largest absolute Gasteiger partial charge is 0.460 e. The monoisotopic (exact) mass is 472 g/mol. The van der Waals surface area contributed by atoms with E-state index in [9.17, 15) is 24.0 Å². The van der Waals surface area contributed by atoms with Gasteiger partial charge < -0.3 is 20.1 Å². The smallest absolute Gasteiger partial charge is 0.407 e. The number of hydrazine groups is 1. The van der Waals surface area contributed by atoms with Gasteiger partial charge in [0.1, 0.15) is 17.0 Å². The van der Waals surface area contributed by atoms with Crippen molar-refractivity contribution in [2.45, 2.75) is 91.4 Å². The van der Waals surface area contributed by atoms with Gasteiger partial charge in [-0.3, -0.25) is 24.6 Å². The molecule has 1 atom stereocenters. The molecular weight excluding hydrogens is 432 g/mol. The van der Waals surface area contributed by atoms with E-state index in [1.807, 2.05) is 0 Å². The predicted molar refractivity (Wildman–Crippen MR) is 122 cm³/mol. The fourth-order valence-electron chi connectivity index (χ4n) is 2.64. The Bertz CT molecular complexity index is 696. The Kier molecular flexibility index (Phi) is 12.6. The van der Waals surface area contributed by atoms with Gasteiger partial charge in [0.15, 0.2) is 0 Å². The number of nitrogens with one attached hydrogen (secondary N) is 3. The zero-order chi connectivity index (χ0) is 25.8. The van der Waals surface area contributed by atoms with Crippen LogP contribution in [-0.2, 0) is 28.7 Å². The lowest BCUT2D eigenvalue weighted by molar-refractivity contribution is -0.155. The molecule has 0 aromatic heterocycles. The number of Topliss-reactive ketones (excluding diaryl/α,β-unsaturated/α-hetero) is 1. The normalized spacial score (nSPS) is 12.5. The summed E-state index contributed by atoms with van der Waals surface area (Å²) in [5.74, 6) is -1.33. The summed E-state index contributed by atoms with van der Waals surface area (Å²) >= 11 is 0. The van der Waals surface area contributed by atoms with Crippen LogP contribution in [0, 0.1) is 0 Å². The number of amides is 3. The van der Waals surface area contributed by atoms with E-state index < -0.39 is 35.2 Å². The van der Waals surface area contributed by atoms with Crippen molar-refractivity contribution in [1.82, 2.24) is 21.1 Å². The fourth-order valence-corrected chi connectivity index (χ4v) is 2.64. The molecule has 3 N–H and O–H groups in total. The van der Waals surface area contributed by atoms with Crippen LogP contribution in [-0.4, -0.2) is 72.1 Å². The standard InChI is InChI=1S/C22H40N4O7/c1-15(27)14-26(8)25-18(29)13-16(24-20(31)33-22(5,6)7)11-12-23-17(28)9-10-19(30)32-21(2,3)4/h16H,9-14H2,1-8H3,(H,23,28)(H,24,31)(H,25,29)/t16-/m0/s1. The highest BCUT2D eigenvalue weighted by atomic mass is 16.6. The molecule has 0 rings (SSSR count).